The van der Waals surface area contributed by atoms with Crippen LogP contribution >= 0.6 is 0 Å². The molecule has 0 radical (unpaired) electrons. The Morgan fingerprint density at radius 2 is 2.31 bits per heavy atom. The maximum Gasteiger partial charge on any atom is 0.235 e. The van der Waals surface area contributed by atoms with Crippen LogP contribution in [0.3, 0.4) is 0 Å². The Morgan fingerprint density at radius 3 is 3.00 bits per heavy atom. The third-order valence-corrected chi connectivity index (χ3v) is 3.22. The first-order valence-electron chi connectivity index (χ1n) is 5.26. The fourth-order valence-corrected chi connectivity index (χ4v) is 2.24. The number of carbonyl (C=O) groups excluding carboxylic acids is 1. The van der Waals surface area contributed by atoms with Gasteiger partial charge in [-0.25, -0.2) is 9.78 Å². The summed E-state index contributed by atoms with van der Waals surface area (Å²) < 4.78 is 1.98. The van der Waals surface area contributed by atoms with Gasteiger partial charge in [-0.3, -0.25) is 0 Å². The van der Waals surface area contributed by atoms with Crippen molar-refractivity contribution in [3.63, 3.8) is 0 Å². The van der Waals surface area contributed by atoms with Gasteiger partial charge in [0.05, 0.1) is 17.4 Å². The summed E-state index contributed by atoms with van der Waals surface area (Å²) in [5.41, 5.74) is 2.79. The highest BCUT2D eigenvalue weighted by Gasteiger charge is 2.46. The predicted octanol–water partition coefficient (Wildman–Crippen LogP) is 1.90. The van der Waals surface area contributed by atoms with E-state index in [1.165, 1.54) is 0 Å². The van der Waals surface area contributed by atoms with Crippen LogP contribution in [-0.4, -0.2) is 15.6 Å². The maximum atomic E-state index is 10.5. The number of aryl methyl sites for hydroxylation is 1. The zero-order chi connectivity index (χ0) is 11.2. The molecule has 0 unspecified atom stereocenters. The molecule has 16 heavy (non-hydrogen) atoms. The number of hydrogen-bond acceptors (Lipinski definition) is 3. The molecule has 3 rings (SSSR count). The van der Waals surface area contributed by atoms with Crippen molar-refractivity contribution in [3.05, 3.63) is 30.1 Å². The van der Waals surface area contributed by atoms with Crippen molar-refractivity contribution in [2.45, 2.75) is 18.4 Å². The van der Waals surface area contributed by atoms with Crippen molar-refractivity contribution < 1.29 is 4.79 Å². The molecule has 0 N–H and O–H groups in total. The number of fused-ring (bicyclic) bond motifs is 1. The van der Waals surface area contributed by atoms with Crippen LogP contribution in [0.1, 0.15) is 18.4 Å². The van der Waals surface area contributed by atoms with Crippen molar-refractivity contribution in [2.24, 2.45) is 12.0 Å². The van der Waals surface area contributed by atoms with Gasteiger partial charge in [0.2, 0.25) is 6.08 Å². The van der Waals surface area contributed by atoms with Gasteiger partial charge in [-0.05, 0) is 18.9 Å². The highest BCUT2D eigenvalue weighted by molar-refractivity contribution is 5.81. The standard InChI is InChI=1S/C12H11N3O/c1-15-7-13-10-4-2-3-9(11(10)15)12(5-6-12)14-8-16/h2-4,7H,5-6H2,1H3. The number of hydrogen-bond donors (Lipinski definition) is 0. The number of aliphatic imine (C=N–C) groups is 1. The Kier molecular flexibility index (Phi) is 1.76. The molecule has 1 aromatic heterocycles. The van der Waals surface area contributed by atoms with Crippen molar-refractivity contribution >= 4 is 17.1 Å². The molecule has 1 aromatic carbocycles. The second-order valence-electron chi connectivity index (χ2n) is 4.26. The topological polar surface area (TPSA) is 47.2 Å². The summed E-state index contributed by atoms with van der Waals surface area (Å²) in [6.07, 6.45) is 5.32. The van der Waals surface area contributed by atoms with E-state index in [1.807, 2.05) is 29.8 Å². The highest BCUT2D eigenvalue weighted by Crippen LogP contribution is 2.50. The van der Waals surface area contributed by atoms with E-state index >= 15 is 0 Å². The average molecular weight is 213 g/mol. The summed E-state index contributed by atoms with van der Waals surface area (Å²) in [5.74, 6) is 0. The van der Waals surface area contributed by atoms with Crippen molar-refractivity contribution in [1.82, 2.24) is 9.55 Å². The minimum absolute atomic E-state index is 0.324. The van der Waals surface area contributed by atoms with Crippen LogP contribution in [0.15, 0.2) is 29.5 Å². The van der Waals surface area contributed by atoms with E-state index in [2.05, 4.69) is 9.98 Å². The van der Waals surface area contributed by atoms with Crippen LogP contribution in [0.2, 0.25) is 0 Å². The van der Waals surface area contributed by atoms with Crippen molar-refractivity contribution in [2.75, 3.05) is 0 Å². The van der Waals surface area contributed by atoms with E-state index in [-0.39, 0.29) is 5.54 Å². The molecule has 0 atom stereocenters. The van der Waals surface area contributed by atoms with Gasteiger partial charge in [0.1, 0.15) is 5.54 Å². The van der Waals surface area contributed by atoms with Crippen molar-refractivity contribution in [3.8, 4) is 0 Å². The van der Waals surface area contributed by atoms with Gasteiger partial charge in [0.15, 0.2) is 0 Å². The van der Waals surface area contributed by atoms with Crippen LogP contribution in [0.4, 0.5) is 0 Å². The van der Waals surface area contributed by atoms with Gasteiger partial charge in [0, 0.05) is 12.6 Å². The number of isocyanates is 1. The summed E-state index contributed by atoms with van der Waals surface area (Å²) in [5, 5.41) is 0. The SMILES string of the molecule is Cn1cnc2cccc(C3(N=C=O)CC3)c21. The quantitative estimate of drug-likeness (QED) is 0.565. The lowest BCUT2D eigenvalue weighted by Crippen LogP contribution is -2.04. The van der Waals surface area contributed by atoms with Crippen LogP contribution in [0.25, 0.3) is 11.0 Å². The van der Waals surface area contributed by atoms with E-state index in [4.69, 9.17) is 0 Å². The summed E-state index contributed by atoms with van der Waals surface area (Å²) in [6.45, 7) is 0. The first kappa shape index (κ1) is 9.31. The Morgan fingerprint density at radius 1 is 1.50 bits per heavy atom. The monoisotopic (exact) mass is 213 g/mol. The second kappa shape index (κ2) is 3.03. The lowest BCUT2D eigenvalue weighted by molar-refractivity contribution is 0.556. The molecular weight excluding hydrogens is 202 g/mol. The lowest BCUT2D eigenvalue weighted by Gasteiger charge is -2.10. The molecule has 1 aliphatic rings. The van der Waals surface area contributed by atoms with E-state index in [1.54, 1.807) is 12.4 Å². The molecule has 0 amide bonds. The molecule has 1 heterocycles. The molecule has 1 aliphatic carbocycles. The third kappa shape index (κ3) is 1.14. The Labute approximate surface area is 92.6 Å². The molecular formula is C12H11N3O. The number of para-hydroxylation sites is 1. The normalized spacial score (nSPS) is 17.1. The van der Waals surface area contributed by atoms with Crippen LogP contribution in [0, 0.1) is 0 Å². The number of imidazole rings is 1. The summed E-state index contributed by atoms with van der Waals surface area (Å²) in [6, 6.07) is 5.96. The molecule has 4 nitrogen and oxygen atoms in total. The third-order valence-electron chi connectivity index (χ3n) is 3.22. The number of aromatic nitrogens is 2. The minimum Gasteiger partial charge on any atom is -0.333 e. The summed E-state index contributed by atoms with van der Waals surface area (Å²) >= 11 is 0. The van der Waals surface area contributed by atoms with Gasteiger partial charge in [-0.2, -0.15) is 4.99 Å². The molecule has 80 valence electrons. The second-order valence-corrected chi connectivity index (χ2v) is 4.26. The summed E-state index contributed by atoms with van der Waals surface area (Å²) in [7, 11) is 1.96. The molecule has 0 saturated heterocycles. The first-order chi connectivity index (χ1) is 7.77. The Bertz CT molecular complexity index is 604. The first-order valence-corrected chi connectivity index (χ1v) is 5.26. The van der Waals surface area contributed by atoms with Crippen LogP contribution in [-0.2, 0) is 17.4 Å². The molecule has 4 heteroatoms. The van der Waals surface area contributed by atoms with E-state index in [9.17, 15) is 4.79 Å². The smallest absolute Gasteiger partial charge is 0.235 e. The number of nitrogens with zero attached hydrogens (tertiary/aromatic N) is 3. The van der Waals surface area contributed by atoms with E-state index in [0.29, 0.717) is 0 Å². The molecule has 0 spiro atoms. The van der Waals surface area contributed by atoms with E-state index in [0.717, 1.165) is 29.4 Å². The average Bonchev–Trinajstić information content (AvgIpc) is 2.98. The molecule has 0 aliphatic heterocycles. The number of rotatable bonds is 2. The lowest BCUT2D eigenvalue weighted by atomic mass is 10.0. The van der Waals surface area contributed by atoms with Gasteiger partial charge < -0.3 is 4.57 Å². The molecule has 0 bridgehead atoms. The maximum absolute atomic E-state index is 10.5. The largest absolute Gasteiger partial charge is 0.333 e. The predicted molar refractivity (Wildman–Crippen MR) is 59.7 cm³/mol. The van der Waals surface area contributed by atoms with E-state index < -0.39 is 0 Å². The molecule has 1 fully saturated rings. The molecule has 2 aromatic rings. The zero-order valence-corrected chi connectivity index (χ0v) is 8.97. The number of benzene rings is 1. The Balaban J connectivity index is 2.31. The van der Waals surface area contributed by atoms with Gasteiger partial charge in [0.25, 0.3) is 0 Å². The van der Waals surface area contributed by atoms with Crippen LogP contribution < -0.4 is 0 Å². The van der Waals surface area contributed by atoms with Gasteiger partial charge in [-0.15, -0.1) is 0 Å². The van der Waals surface area contributed by atoms with Crippen LogP contribution in [0.5, 0.6) is 0 Å². The van der Waals surface area contributed by atoms with Gasteiger partial charge >= 0.3 is 0 Å². The fraction of sp³-hybridized carbons (Fsp3) is 0.333. The van der Waals surface area contributed by atoms with Gasteiger partial charge in [-0.1, -0.05) is 12.1 Å². The highest BCUT2D eigenvalue weighted by atomic mass is 16.1. The zero-order valence-electron chi connectivity index (χ0n) is 8.97. The summed E-state index contributed by atoms with van der Waals surface area (Å²) in [4.78, 5) is 18.7. The Hall–Kier alpha value is -1.93. The fourth-order valence-electron chi connectivity index (χ4n) is 2.24. The van der Waals surface area contributed by atoms with Crippen molar-refractivity contribution in [1.29, 1.82) is 0 Å². The molecule has 1 saturated carbocycles. The minimum atomic E-state index is -0.324.